The van der Waals surface area contributed by atoms with Crippen molar-refractivity contribution >= 4 is 18.3 Å². The van der Waals surface area contributed by atoms with Gasteiger partial charge in [0.05, 0.1) is 5.56 Å². The maximum atomic E-state index is 12.6. The molecule has 2 aromatic rings. The zero-order valence-electron chi connectivity index (χ0n) is 14.3. The van der Waals surface area contributed by atoms with Crippen LogP contribution in [0.5, 0.6) is 5.75 Å². The van der Waals surface area contributed by atoms with Gasteiger partial charge >= 0.3 is 0 Å². The Morgan fingerprint density at radius 1 is 1.44 bits per heavy atom. The molecule has 1 aliphatic rings. The lowest BCUT2D eigenvalue weighted by Gasteiger charge is -2.30. The van der Waals surface area contributed by atoms with Gasteiger partial charge in [0, 0.05) is 19.0 Å². The Morgan fingerprint density at radius 2 is 2.24 bits per heavy atom. The van der Waals surface area contributed by atoms with Gasteiger partial charge in [-0.3, -0.25) is 4.79 Å². The van der Waals surface area contributed by atoms with E-state index in [9.17, 15) is 4.79 Å². The summed E-state index contributed by atoms with van der Waals surface area (Å²) in [6.45, 7) is 4.96. The molecule has 0 aliphatic carbocycles. The van der Waals surface area contributed by atoms with Crippen LogP contribution in [0.15, 0.2) is 28.8 Å². The summed E-state index contributed by atoms with van der Waals surface area (Å²) < 4.78 is 10.6. The molecule has 0 saturated carbocycles. The Morgan fingerprint density at radius 3 is 2.96 bits per heavy atom. The molecule has 3 rings (SSSR count). The van der Waals surface area contributed by atoms with Crippen LogP contribution >= 0.6 is 12.4 Å². The van der Waals surface area contributed by atoms with Gasteiger partial charge in [0.2, 0.25) is 11.7 Å². The van der Waals surface area contributed by atoms with Crippen LogP contribution in [0, 0.1) is 6.92 Å². The van der Waals surface area contributed by atoms with Gasteiger partial charge in [-0.15, -0.1) is 12.4 Å². The largest absolute Gasteiger partial charge is 0.485 e. The molecule has 2 heterocycles. The number of aryl methyl sites for hydroxylation is 1. The quantitative estimate of drug-likeness (QED) is 0.843. The summed E-state index contributed by atoms with van der Waals surface area (Å²) in [6.07, 6.45) is 2.04. The molecule has 1 aromatic carbocycles. The zero-order chi connectivity index (χ0) is 16.9. The lowest BCUT2D eigenvalue weighted by molar-refractivity contribution is 0.0915. The van der Waals surface area contributed by atoms with E-state index < -0.39 is 0 Å². The van der Waals surface area contributed by atoms with Gasteiger partial charge in [-0.05, 0) is 38.4 Å². The number of nitrogens with zero attached hydrogens (tertiary/aromatic N) is 2. The number of benzene rings is 1. The highest BCUT2D eigenvalue weighted by Crippen LogP contribution is 2.20. The lowest BCUT2D eigenvalue weighted by Crippen LogP contribution is -2.51. The van der Waals surface area contributed by atoms with Crippen molar-refractivity contribution in [2.75, 3.05) is 6.54 Å². The van der Waals surface area contributed by atoms with Gasteiger partial charge in [0.25, 0.3) is 5.91 Å². The van der Waals surface area contributed by atoms with Gasteiger partial charge in [0.15, 0.2) is 6.61 Å². The highest BCUT2D eigenvalue weighted by atomic mass is 35.5. The first-order valence-corrected chi connectivity index (χ1v) is 8.19. The Labute approximate surface area is 152 Å². The predicted molar refractivity (Wildman–Crippen MR) is 95.0 cm³/mol. The molecule has 2 atom stereocenters. The van der Waals surface area contributed by atoms with E-state index in [0.29, 0.717) is 23.0 Å². The van der Waals surface area contributed by atoms with E-state index in [1.54, 1.807) is 19.1 Å². The van der Waals surface area contributed by atoms with Gasteiger partial charge in [-0.25, -0.2) is 0 Å². The lowest BCUT2D eigenvalue weighted by atomic mass is 9.99. The third-order valence-electron chi connectivity index (χ3n) is 4.14. The number of hydrogen-bond donors (Lipinski definition) is 2. The molecule has 7 nitrogen and oxygen atoms in total. The van der Waals surface area contributed by atoms with Crippen LogP contribution in [0.2, 0.25) is 0 Å². The molecule has 2 N–H and O–H groups in total. The van der Waals surface area contributed by atoms with Crippen molar-refractivity contribution in [3.05, 3.63) is 41.5 Å². The molecule has 1 aliphatic heterocycles. The minimum absolute atomic E-state index is 0. The molecule has 25 heavy (non-hydrogen) atoms. The summed E-state index contributed by atoms with van der Waals surface area (Å²) in [5.74, 6) is 1.32. The van der Waals surface area contributed by atoms with Crippen LogP contribution in [0.25, 0.3) is 0 Å². The molecule has 1 fully saturated rings. The SMILES string of the molecule is Cc1nc(COc2ccccc2C(=O)NC2CCCNC2C)no1.Cl. The average Bonchev–Trinajstić information content (AvgIpc) is 3.01. The zero-order valence-corrected chi connectivity index (χ0v) is 15.1. The number of amides is 1. The van der Waals surface area contributed by atoms with Crippen LogP contribution < -0.4 is 15.4 Å². The monoisotopic (exact) mass is 366 g/mol. The van der Waals surface area contributed by atoms with Gasteiger partial charge in [-0.2, -0.15) is 4.98 Å². The second kappa shape index (κ2) is 8.82. The number of para-hydroxylation sites is 1. The molecule has 0 spiro atoms. The maximum absolute atomic E-state index is 12.6. The fourth-order valence-electron chi connectivity index (χ4n) is 2.81. The van der Waals surface area contributed by atoms with E-state index in [1.807, 2.05) is 12.1 Å². The van der Waals surface area contributed by atoms with Crippen molar-refractivity contribution in [1.29, 1.82) is 0 Å². The van der Waals surface area contributed by atoms with Crippen molar-refractivity contribution < 1.29 is 14.1 Å². The smallest absolute Gasteiger partial charge is 0.255 e. The fourth-order valence-corrected chi connectivity index (χ4v) is 2.81. The number of hydrogen-bond acceptors (Lipinski definition) is 6. The van der Waals surface area contributed by atoms with E-state index in [1.165, 1.54) is 0 Å². The summed E-state index contributed by atoms with van der Waals surface area (Å²) in [7, 11) is 0. The van der Waals surface area contributed by atoms with Gasteiger partial charge in [0.1, 0.15) is 5.75 Å². The van der Waals surface area contributed by atoms with Crippen molar-refractivity contribution in [2.45, 2.75) is 45.4 Å². The number of carbonyl (C=O) groups is 1. The summed E-state index contributed by atoms with van der Waals surface area (Å²) >= 11 is 0. The second-order valence-corrected chi connectivity index (χ2v) is 5.98. The van der Waals surface area contributed by atoms with Crippen molar-refractivity contribution in [3.63, 3.8) is 0 Å². The summed E-state index contributed by atoms with van der Waals surface area (Å²) in [6, 6.07) is 7.57. The number of ether oxygens (including phenoxy) is 1. The van der Waals surface area contributed by atoms with E-state index in [2.05, 4.69) is 27.7 Å². The maximum Gasteiger partial charge on any atom is 0.255 e. The molecule has 136 valence electrons. The minimum atomic E-state index is -0.129. The van der Waals surface area contributed by atoms with E-state index >= 15 is 0 Å². The van der Waals surface area contributed by atoms with E-state index in [-0.39, 0.29) is 37.0 Å². The summed E-state index contributed by atoms with van der Waals surface area (Å²) in [5.41, 5.74) is 0.510. The number of halogens is 1. The van der Waals surface area contributed by atoms with Crippen LogP contribution in [0.1, 0.15) is 41.8 Å². The first kappa shape index (κ1) is 19.2. The standard InChI is InChI=1S/C17H22N4O3.ClH/c1-11-14(7-5-9-18-11)20-17(22)13-6-3-4-8-15(13)23-10-16-19-12(2)24-21-16;/h3-4,6,8,11,14,18H,5,7,9-10H2,1-2H3,(H,20,22);1H. The molecule has 1 saturated heterocycles. The molecule has 0 radical (unpaired) electrons. The predicted octanol–water partition coefficient (Wildman–Crippen LogP) is 2.25. The highest BCUT2D eigenvalue weighted by Gasteiger charge is 2.24. The first-order valence-electron chi connectivity index (χ1n) is 8.19. The van der Waals surface area contributed by atoms with Gasteiger partial charge in [-0.1, -0.05) is 17.3 Å². The first-order chi connectivity index (χ1) is 11.6. The Bertz CT molecular complexity index is 707. The summed E-state index contributed by atoms with van der Waals surface area (Å²) in [5, 5.41) is 10.3. The van der Waals surface area contributed by atoms with Crippen LogP contribution in [-0.2, 0) is 6.61 Å². The van der Waals surface area contributed by atoms with Crippen LogP contribution in [0.4, 0.5) is 0 Å². The molecule has 1 aromatic heterocycles. The number of piperidine rings is 1. The molecular weight excluding hydrogens is 344 g/mol. The fraction of sp³-hybridized carbons (Fsp3) is 0.471. The Kier molecular flexibility index (Phi) is 6.78. The Hall–Kier alpha value is -2.12. The highest BCUT2D eigenvalue weighted by molar-refractivity contribution is 5.97. The van der Waals surface area contributed by atoms with Crippen molar-refractivity contribution in [2.24, 2.45) is 0 Å². The topological polar surface area (TPSA) is 89.3 Å². The number of carbonyl (C=O) groups excluding carboxylic acids is 1. The second-order valence-electron chi connectivity index (χ2n) is 5.98. The molecule has 0 bridgehead atoms. The number of aromatic nitrogens is 2. The van der Waals surface area contributed by atoms with Crippen molar-refractivity contribution in [1.82, 2.24) is 20.8 Å². The average molecular weight is 367 g/mol. The third-order valence-corrected chi connectivity index (χ3v) is 4.14. The molecule has 8 heteroatoms. The third kappa shape index (κ3) is 4.93. The van der Waals surface area contributed by atoms with E-state index in [0.717, 1.165) is 19.4 Å². The van der Waals surface area contributed by atoms with Crippen LogP contribution in [-0.4, -0.2) is 34.7 Å². The molecule has 1 amide bonds. The molecular formula is C17H23ClN4O3. The minimum Gasteiger partial charge on any atom is -0.485 e. The van der Waals surface area contributed by atoms with Gasteiger partial charge < -0.3 is 19.9 Å². The number of nitrogens with one attached hydrogen (secondary N) is 2. The van der Waals surface area contributed by atoms with Crippen LogP contribution in [0.3, 0.4) is 0 Å². The summed E-state index contributed by atoms with van der Waals surface area (Å²) in [4.78, 5) is 16.7. The number of rotatable bonds is 5. The molecule has 2 unspecified atom stereocenters. The normalized spacial score (nSPS) is 19.8. The van der Waals surface area contributed by atoms with E-state index in [4.69, 9.17) is 9.26 Å². The van der Waals surface area contributed by atoms with Crippen molar-refractivity contribution in [3.8, 4) is 5.75 Å². The Balaban J connectivity index is 0.00000225.